The summed E-state index contributed by atoms with van der Waals surface area (Å²) in [5.41, 5.74) is 5.50. The molecule has 1 heterocycles. The van der Waals surface area contributed by atoms with Crippen LogP contribution in [-0.4, -0.2) is 29.8 Å². The van der Waals surface area contributed by atoms with Gasteiger partial charge in [-0.05, 0) is 49.1 Å². The maximum atomic E-state index is 9.15. The monoisotopic (exact) mass is 189 g/mol. The molecule has 0 bridgehead atoms. The van der Waals surface area contributed by atoms with Gasteiger partial charge in [-0.25, -0.2) is 0 Å². The van der Waals surface area contributed by atoms with Gasteiger partial charge in [0.25, 0.3) is 0 Å². The summed E-state index contributed by atoms with van der Waals surface area (Å²) in [4.78, 5) is 0. The predicted octanol–water partition coefficient (Wildman–Crippen LogP) is 1.09. The molecule has 0 amide bonds. The summed E-state index contributed by atoms with van der Waals surface area (Å²) in [6.45, 7) is 1.04. The highest BCUT2D eigenvalue weighted by Crippen LogP contribution is 2.30. The molecule has 0 radical (unpaired) electrons. The predicted molar refractivity (Wildman–Crippen MR) is 54.3 cm³/mol. The van der Waals surface area contributed by atoms with Crippen LogP contribution in [0.2, 0.25) is 0 Å². The van der Waals surface area contributed by atoms with E-state index in [1.54, 1.807) is 0 Å². The number of hydrogen-bond acceptors (Lipinski definition) is 3. The lowest BCUT2D eigenvalue weighted by atomic mass is 9.86. The quantitative estimate of drug-likeness (QED) is 0.696. The highest BCUT2D eigenvalue weighted by atomic mass is 32.2. The molecular weight excluding hydrogens is 170 g/mol. The van der Waals surface area contributed by atoms with E-state index in [4.69, 9.17) is 10.8 Å². The van der Waals surface area contributed by atoms with E-state index in [-0.39, 0.29) is 0 Å². The summed E-state index contributed by atoms with van der Waals surface area (Å²) >= 11 is 2.03. The molecule has 1 unspecified atom stereocenters. The molecule has 3 heteroatoms. The first-order valence-corrected chi connectivity index (χ1v) is 5.92. The SMILES string of the molecule is NCCC(CO)C1CCSCC1. The minimum atomic E-state index is 0.326. The van der Waals surface area contributed by atoms with Crippen LogP contribution in [0.1, 0.15) is 19.3 Å². The maximum Gasteiger partial charge on any atom is 0.0462 e. The Bertz CT molecular complexity index is 112. The first kappa shape index (κ1) is 10.4. The van der Waals surface area contributed by atoms with Crippen molar-refractivity contribution in [2.24, 2.45) is 17.6 Å². The third kappa shape index (κ3) is 2.96. The second-order valence-corrected chi connectivity index (χ2v) is 4.69. The van der Waals surface area contributed by atoms with E-state index in [2.05, 4.69) is 0 Å². The lowest BCUT2D eigenvalue weighted by Gasteiger charge is -2.28. The van der Waals surface area contributed by atoms with Gasteiger partial charge in [0, 0.05) is 6.61 Å². The molecule has 1 fully saturated rings. The minimum Gasteiger partial charge on any atom is -0.396 e. The van der Waals surface area contributed by atoms with E-state index in [0.29, 0.717) is 12.5 Å². The molecule has 3 N–H and O–H groups in total. The number of hydrogen-bond donors (Lipinski definition) is 2. The molecule has 72 valence electrons. The molecule has 0 spiro atoms. The van der Waals surface area contributed by atoms with Crippen molar-refractivity contribution in [1.82, 2.24) is 0 Å². The fraction of sp³-hybridized carbons (Fsp3) is 1.00. The highest BCUT2D eigenvalue weighted by molar-refractivity contribution is 7.99. The van der Waals surface area contributed by atoms with Crippen molar-refractivity contribution in [2.45, 2.75) is 19.3 Å². The normalized spacial score (nSPS) is 22.5. The number of aliphatic hydroxyl groups is 1. The van der Waals surface area contributed by atoms with Crippen molar-refractivity contribution in [1.29, 1.82) is 0 Å². The Kier molecular flexibility index (Phi) is 5.04. The van der Waals surface area contributed by atoms with E-state index in [0.717, 1.165) is 18.9 Å². The Balaban J connectivity index is 2.29. The van der Waals surface area contributed by atoms with Crippen LogP contribution in [-0.2, 0) is 0 Å². The summed E-state index contributed by atoms with van der Waals surface area (Å²) in [5, 5.41) is 9.15. The van der Waals surface area contributed by atoms with Crippen molar-refractivity contribution in [2.75, 3.05) is 24.7 Å². The number of nitrogens with two attached hydrogens (primary N) is 1. The summed E-state index contributed by atoms with van der Waals surface area (Å²) in [6, 6.07) is 0. The molecule has 0 aromatic rings. The molecule has 0 aromatic carbocycles. The van der Waals surface area contributed by atoms with Gasteiger partial charge in [-0.2, -0.15) is 11.8 Å². The summed E-state index contributed by atoms with van der Waals surface area (Å²) in [5.74, 6) is 3.74. The van der Waals surface area contributed by atoms with Gasteiger partial charge in [-0.3, -0.25) is 0 Å². The third-order valence-electron chi connectivity index (χ3n) is 2.70. The molecule has 0 aliphatic carbocycles. The van der Waals surface area contributed by atoms with Crippen LogP contribution >= 0.6 is 11.8 Å². The second kappa shape index (κ2) is 5.84. The molecule has 1 aliphatic rings. The smallest absolute Gasteiger partial charge is 0.0462 e. The Morgan fingerprint density at radius 1 is 1.42 bits per heavy atom. The first-order chi connectivity index (χ1) is 5.88. The van der Waals surface area contributed by atoms with Gasteiger partial charge in [-0.15, -0.1) is 0 Å². The van der Waals surface area contributed by atoms with Crippen LogP contribution < -0.4 is 5.73 Å². The molecule has 1 rings (SSSR count). The van der Waals surface area contributed by atoms with E-state index in [1.807, 2.05) is 11.8 Å². The van der Waals surface area contributed by atoms with Crippen LogP contribution in [0.4, 0.5) is 0 Å². The fourth-order valence-corrected chi connectivity index (χ4v) is 3.02. The number of aliphatic hydroxyl groups excluding tert-OH is 1. The summed E-state index contributed by atoms with van der Waals surface area (Å²) in [6.07, 6.45) is 3.54. The molecule has 1 saturated heterocycles. The van der Waals surface area contributed by atoms with Crippen LogP contribution in [0.25, 0.3) is 0 Å². The van der Waals surface area contributed by atoms with Crippen molar-refractivity contribution in [3.63, 3.8) is 0 Å². The number of thioether (sulfide) groups is 1. The van der Waals surface area contributed by atoms with Crippen LogP contribution in [0.3, 0.4) is 0 Å². The zero-order valence-corrected chi connectivity index (χ0v) is 8.35. The van der Waals surface area contributed by atoms with Gasteiger partial charge in [0.1, 0.15) is 0 Å². The zero-order valence-electron chi connectivity index (χ0n) is 7.54. The Morgan fingerprint density at radius 2 is 2.08 bits per heavy atom. The van der Waals surface area contributed by atoms with Crippen molar-refractivity contribution >= 4 is 11.8 Å². The van der Waals surface area contributed by atoms with Gasteiger partial charge in [0.2, 0.25) is 0 Å². The largest absolute Gasteiger partial charge is 0.396 e. The minimum absolute atomic E-state index is 0.326. The Hall–Kier alpha value is 0.270. The zero-order chi connectivity index (χ0) is 8.81. The molecule has 1 atom stereocenters. The van der Waals surface area contributed by atoms with Gasteiger partial charge >= 0.3 is 0 Å². The highest BCUT2D eigenvalue weighted by Gasteiger charge is 2.22. The standard InChI is InChI=1S/C9H19NOS/c10-4-1-9(7-11)8-2-5-12-6-3-8/h8-9,11H,1-7,10H2. The van der Waals surface area contributed by atoms with Gasteiger partial charge in [-0.1, -0.05) is 0 Å². The first-order valence-electron chi connectivity index (χ1n) is 4.77. The molecule has 1 aliphatic heterocycles. The molecule has 12 heavy (non-hydrogen) atoms. The van der Waals surface area contributed by atoms with E-state index >= 15 is 0 Å². The molecule has 0 aromatic heterocycles. The van der Waals surface area contributed by atoms with E-state index in [1.165, 1.54) is 24.3 Å². The van der Waals surface area contributed by atoms with Crippen molar-refractivity contribution in [3.8, 4) is 0 Å². The average Bonchev–Trinajstić information content (AvgIpc) is 2.15. The summed E-state index contributed by atoms with van der Waals surface area (Å²) < 4.78 is 0. The van der Waals surface area contributed by atoms with Crippen molar-refractivity contribution < 1.29 is 5.11 Å². The van der Waals surface area contributed by atoms with Crippen LogP contribution in [0.15, 0.2) is 0 Å². The fourth-order valence-electron chi connectivity index (χ4n) is 1.88. The van der Waals surface area contributed by atoms with Crippen LogP contribution in [0.5, 0.6) is 0 Å². The Labute approximate surface area is 78.9 Å². The average molecular weight is 189 g/mol. The van der Waals surface area contributed by atoms with Gasteiger partial charge < -0.3 is 10.8 Å². The van der Waals surface area contributed by atoms with E-state index in [9.17, 15) is 0 Å². The van der Waals surface area contributed by atoms with Crippen molar-refractivity contribution in [3.05, 3.63) is 0 Å². The van der Waals surface area contributed by atoms with Crippen LogP contribution in [0, 0.1) is 11.8 Å². The molecule has 2 nitrogen and oxygen atoms in total. The van der Waals surface area contributed by atoms with Gasteiger partial charge in [0.15, 0.2) is 0 Å². The molecule has 0 saturated carbocycles. The van der Waals surface area contributed by atoms with E-state index < -0.39 is 0 Å². The maximum absolute atomic E-state index is 9.15. The Morgan fingerprint density at radius 3 is 2.58 bits per heavy atom. The lowest BCUT2D eigenvalue weighted by molar-refractivity contribution is 0.161. The molecular formula is C9H19NOS. The topological polar surface area (TPSA) is 46.2 Å². The second-order valence-electron chi connectivity index (χ2n) is 3.47. The van der Waals surface area contributed by atoms with Gasteiger partial charge in [0.05, 0.1) is 0 Å². The lowest BCUT2D eigenvalue weighted by Crippen LogP contribution is -2.25. The summed E-state index contributed by atoms with van der Waals surface area (Å²) in [7, 11) is 0. The number of rotatable bonds is 4. The third-order valence-corrected chi connectivity index (χ3v) is 3.75.